The molecule has 27 heavy (non-hydrogen) atoms. The number of Topliss-reactive ketones (excluding diaryl/α,β-unsaturated/α-hetero) is 1. The van der Waals surface area contributed by atoms with E-state index in [9.17, 15) is 9.59 Å². The predicted octanol–water partition coefficient (Wildman–Crippen LogP) is 0.706. The smallest absolute Gasteiger partial charge is 0.347 e. The average Bonchev–Trinajstić information content (AvgIpc) is 3.17. The molecule has 0 radical (unpaired) electrons. The number of aromatic nitrogens is 2. The third kappa shape index (κ3) is 3.99. The number of aliphatic hydroxyl groups excluding tert-OH is 1. The summed E-state index contributed by atoms with van der Waals surface area (Å²) >= 11 is 0. The molecule has 0 atom stereocenters. The van der Waals surface area contributed by atoms with Crippen LogP contribution in [0.1, 0.15) is 12.0 Å². The number of esters is 1. The summed E-state index contributed by atoms with van der Waals surface area (Å²) in [6, 6.07) is 3.65. The summed E-state index contributed by atoms with van der Waals surface area (Å²) in [6.45, 7) is -0.103. The van der Waals surface area contributed by atoms with Gasteiger partial charge < -0.3 is 19.6 Å². The first-order valence-corrected chi connectivity index (χ1v) is 8.34. The molecular weight excluding hydrogens is 352 g/mol. The number of allylic oxidation sites excluding steroid dienone is 1. The van der Waals surface area contributed by atoms with E-state index < -0.39 is 11.8 Å². The van der Waals surface area contributed by atoms with Gasteiger partial charge in [-0.1, -0.05) is 0 Å². The molecule has 142 valence electrons. The maximum Gasteiger partial charge on any atom is 0.347 e. The van der Waals surface area contributed by atoms with Crippen molar-refractivity contribution in [1.82, 2.24) is 20.4 Å². The number of rotatable bonds is 7. The van der Waals surface area contributed by atoms with Gasteiger partial charge in [0.2, 0.25) is 11.7 Å². The maximum atomic E-state index is 12.7. The van der Waals surface area contributed by atoms with E-state index in [4.69, 9.17) is 14.6 Å². The summed E-state index contributed by atoms with van der Waals surface area (Å²) in [7, 11) is 3.39. The minimum atomic E-state index is -0.804. The summed E-state index contributed by atoms with van der Waals surface area (Å²) in [4.78, 5) is 32.3. The Balaban J connectivity index is 1.90. The number of H-pyrrole nitrogens is 1. The Morgan fingerprint density at radius 3 is 3.04 bits per heavy atom. The van der Waals surface area contributed by atoms with E-state index in [1.807, 2.05) is 6.07 Å². The van der Waals surface area contributed by atoms with Crippen LogP contribution in [0, 0.1) is 0 Å². The zero-order valence-corrected chi connectivity index (χ0v) is 15.0. The Morgan fingerprint density at radius 1 is 1.48 bits per heavy atom. The van der Waals surface area contributed by atoms with Gasteiger partial charge in [-0.15, -0.1) is 0 Å². The Hall–Kier alpha value is -3.17. The number of nitrogens with zero attached hydrogens (tertiary/aromatic N) is 2. The number of hydrogen-bond acceptors (Lipinski definition) is 8. The maximum absolute atomic E-state index is 12.7. The molecule has 0 fully saturated rings. The highest BCUT2D eigenvalue weighted by Crippen LogP contribution is 2.28. The quantitative estimate of drug-likeness (QED) is 0.214. The first-order chi connectivity index (χ1) is 13.0. The van der Waals surface area contributed by atoms with Crippen LogP contribution in [-0.2, 0) is 19.1 Å². The Kier molecular flexibility index (Phi) is 5.53. The van der Waals surface area contributed by atoms with Crippen LogP contribution in [0.4, 0.5) is 0 Å². The van der Waals surface area contributed by atoms with Gasteiger partial charge in [-0.25, -0.2) is 14.8 Å². The SMILES string of the molecule is CN(C)NC1=C(C(=O)OCCCO)C(=O)C(=Cc2c[nH]c3ncccc23)O1. The zero-order valence-electron chi connectivity index (χ0n) is 15.0. The molecule has 0 aromatic carbocycles. The number of ether oxygens (including phenoxy) is 2. The van der Waals surface area contributed by atoms with Gasteiger partial charge in [-0.2, -0.15) is 0 Å². The normalized spacial score (nSPS) is 15.7. The van der Waals surface area contributed by atoms with Crippen LogP contribution < -0.4 is 5.43 Å². The molecule has 1 aliphatic heterocycles. The van der Waals surface area contributed by atoms with Gasteiger partial charge in [0.15, 0.2) is 11.3 Å². The Labute approximate surface area is 155 Å². The van der Waals surface area contributed by atoms with Crippen molar-refractivity contribution in [3.8, 4) is 0 Å². The second-order valence-electron chi connectivity index (χ2n) is 6.01. The van der Waals surface area contributed by atoms with Gasteiger partial charge in [0.1, 0.15) is 5.65 Å². The molecule has 3 rings (SSSR count). The standard InChI is InChI=1S/C18H20N4O5/c1-22(2)21-17-14(18(25)26-8-4-7-23)15(24)13(27-17)9-11-10-20-16-12(11)5-3-6-19-16/h3,5-6,9-10,21,23H,4,7-8H2,1-2H3,(H,19,20). The van der Waals surface area contributed by atoms with E-state index in [0.717, 1.165) is 5.39 Å². The van der Waals surface area contributed by atoms with Crippen molar-refractivity contribution in [3.05, 3.63) is 47.3 Å². The van der Waals surface area contributed by atoms with Crippen molar-refractivity contribution in [1.29, 1.82) is 0 Å². The lowest BCUT2D eigenvalue weighted by molar-refractivity contribution is -0.140. The Morgan fingerprint density at radius 2 is 2.30 bits per heavy atom. The fraction of sp³-hybridized carbons (Fsp3) is 0.278. The third-order valence-electron chi connectivity index (χ3n) is 3.72. The molecule has 1 aliphatic rings. The number of fused-ring (bicyclic) bond motifs is 1. The fourth-order valence-corrected chi connectivity index (χ4v) is 2.54. The zero-order chi connectivity index (χ0) is 19.4. The molecule has 3 N–H and O–H groups in total. The molecule has 0 aliphatic carbocycles. The van der Waals surface area contributed by atoms with E-state index in [-0.39, 0.29) is 36.8 Å². The van der Waals surface area contributed by atoms with Gasteiger partial charge >= 0.3 is 5.97 Å². The van der Waals surface area contributed by atoms with Crippen LogP contribution in [0.15, 0.2) is 41.7 Å². The molecule has 9 nitrogen and oxygen atoms in total. The summed E-state index contributed by atoms with van der Waals surface area (Å²) < 4.78 is 10.6. The number of hydrogen-bond donors (Lipinski definition) is 3. The number of aliphatic hydroxyl groups is 1. The number of carbonyl (C=O) groups is 2. The lowest BCUT2D eigenvalue weighted by Crippen LogP contribution is -2.31. The van der Waals surface area contributed by atoms with Crippen molar-refractivity contribution in [3.63, 3.8) is 0 Å². The number of aromatic amines is 1. The molecular formula is C18H20N4O5. The molecule has 0 saturated heterocycles. The second kappa shape index (κ2) is 8.02. The van der Waals surface area contributed by atoms with Crippen molar-refractivity contribution in [2.75, 3.05) is 27.3 Å². The minimum absolute atomic E-state index is 0.00166. The average molecular weight is 372 g/mol. The first kappa shape index (κ1) is 18.6. The molecule has 0 saturated carbocycles. The lowest BCUT2D eigenvalue weighted by atomic mass is 10.1. The number of pyridine rings is 1. The third-order valence-corrected chi connectivity index (χ3v) is 3.72. The first-order valence-electron chi connectivity index (χ1n) is 8.34. The van der Waals surface area contributed by atoms with Gasteiger partial charge in [0, 0.05) is 50.5 Å². The van der Waals surface area contributed by atoms with Crippen LogP contribution in [0.2, 0.25) is 0 Å². The highest BCUT2D eigenvalue weighted by molar-refractivity contribution is 6.26. The highest BCUT2D eigenvalue weighted by atomic mass is 16.5. The molecule has 9 heteroatoms. The summed E-state index contributed by atoms with van der Waals surface area (Å²) in [6.07, 6.45) is 5.20. The van der Waals surface area contributed by atoms with Crippen LogP contribution in [0.25, 0.3) is 17.1 Å². The predicted molar refractivity (Wildman–Crippen MR) is 96.7 cm³/mol. The van der Waals surface area contributed by atoms with Gasteiger partial charge in [0.05, 0.1) is 6.61 Å². The van der Waals surface area contributed by atoms with E-state index in [2.05, 4.69) is 15.4 Å². The van der Waals surface area contributed by atoms with Gasteiger partial charge in [-0.05, 0) is 18.2 Å². The highest BCUT2D eigenvalue weighted by Gasteiger charge is 2.37. The monoisotopic (exact) mass is 372 g/mol. The largest absolute Gasteiger partial charge is 0.462 e. The second-order valence-corrected chi connectivity index (χ2v) is 6.01. The molecule has 0 spiro atoms. The minimum Gasteiger partial charge on any atom is -0.462 e. The van der Waals surface area contributed by atoms with E-state index in [0.29, 0.717) is 11.2 Å². The topological polar surface area (TPSA) is 117 Å². The van der Waals surface area contributed by atoms with Crippen molar-refractivity contribution in [2.45, 2.75) is 6.42 Å². The number of carbonyl (C=O) groups excluding carboxylic acids is 2. The van der Waals surface area contributed by atoms with Crippen molar-refractivity contribution < 1.29 is 24.2 Å². The molecule has 2 aromatic rings. The van der Waals surface area contributed by atoms with Crippen LogP contribution in [-0.4, -0.2) is 59.1 Å². The van der Waals surface area contributed by atoms with Gasteiger partial charge in [0.25, 0.3) is 0 Å². The molecule has 3 heterocycles. The Bertz CT molecular complexity index is 929. The van der Waals surface area contributed by atoms with Crippen LogP contribution in [0.3, 0.4) is 0 Å². The number of ketones is 1. The summed E-state index contributed by atoms with van der Waals surface area (Å²) in [5, 5.41) is 11.2. The van der Waals surface area contributed by atoms with E-state index in [1.165, 1.54) is 0 Å². The fourth-order valence-electron chi connectivity index (χ4n) is 2.54. The molecule has 2 aromatic heterocycles. The molecule has 0 amide bonds. The summed E-state index contributed by atoms with van der Waals surface area (Å²) in [5.41, 5.74) is 3.97. The van der Waals surface area contributed by atoms with E-state index in [1.54, 1.807) is 43.6 Å². The number of nitrogens with one attached hydrogen (secondary N) is 2. The number of hydrazine groups is 1. The van der Waals surface area contributed by atoms with Crippen LogP contribution in [0.5, 0.6) is 0 Å². The molecule has 0 unspecified atom stereocenters. The summed E-state index contributed by atoms with van der Waals surface area (Å²) in [5.74, 6) is -1.38. The van der Waals surface area contributed by atoms with Crippen molar-refractivity contribution in [2.24, 2.45) is 0 Å². The van der Waals surface area contributed by atoms with Crippen molar-refractivity contribution >= 4 is 28.9 Å². The lowest BCUT2D eigenvalue weighted by Gasteiger charge is -2.14. The van der Waals surface area contributed by atoms with Gasteiger partial charge in [-0.3, -0.25) is 10.2 Å². The van der Waals surface area contributed by atoms with Crippen LogP contribution >= 0.6 is 0 Å². The van der Waals surface area contributed by atoms with E-state index >= 15 is 0 Å². The molecule has 0 bridgehead atoms.